The minimum Gasteiger partial charge on any atom is -0.337 e. The van der Waals surface area contributed by atoms with Gasteiger partial charge in [0.1, 0.15) is 4.90 Å². The lowest BCUT2D eigenvalue weighted by atomic mass is 10.3. The third-order valence-corrected chi connectivity index (χ3v) is 5.72. The molecule has 0 heterocycles. The van der Waals surface area contributed by atoms with Crippen LogP contribution in [-0.2, 0) is 10.0 Å². The predicted octanol–water partition coefficient (Wildman–Crippen LogP) is 2.05. The number of nitro benzene ring substituents is 1. The van der Waals surface area contributed by atoms with Gasteiger partial charge in [0.15, 0.2) is 0 Å². The largest absolute Gasteiger partial charge is 0.337 e. The number of non-ortho nitro benzene ring substituents is 1. The fraction of sp³-hybridized carbons (Fsp3) is 0.533. The van der Waals surface area contributed by atoms with E-state index in [4.69, 9.17) is 0 Å². The molecule has 0 aliphatic rings. The van der Waals surface area contributed by atoms with Gasteiger partial charge in [-0.25, -0.2) is 13.2 Å². The molecule has 0 saturated heterocycles. The van der Waals surface area contributed by atoms with Gasteiger partial charge in [-0.3, -0.25) is 21.0 Å². The van der Waals surface area contributed by atoms with Crippen molar-refractivity contribution >= 4 is 27.4 Å². The molecule has 0 fully saturated rings. The number of hydrazine groups is 1. The van der Waals surface area contributed by atoms with Gasteiger partial charge in [-0.15, -0.1) is 0 Å². The van der Waals surface area contributed by atoms with E-state index < -0.39 is 21.0 Å². The van der Waals surface area contributed by atoms with Crippen molar-refractivity contribution in [1.82, 2.24) is 15.0 Å². The van der Waals surface area contributed by atoms with Crippen LogP contribution in [-0.4, -0.2) is 43.3 Å². The number of anilines is 1. The van der Waals surface area contributed by atoms with Crippen molar-refractivity contribution < 1.29 is 18.1 Å². The van der Waals surface area contributed by atoms with E-state index in [2.05, 4.69) is 16.2 Å². The first-order valence-corrected chi connectivity index (χ1v) is 9.80. The number of carbonyl (C=O) groups excluding carboxylic acids is 1. The molecule has 2 amide bonds. The van der Waals surface area contributed by atoms with Gasteiger partial charge < -0.3 is 5.32 Å². The van der Waals surface area contributed by atoms with Crippen LogP contribution in [0.15, 0.2) is 23.1 Å². The number of nitrogens with one attached hydrogen (secondary N) is 3. The first kappa shape index (κ1) is 21.6. The van der Waals surface area contributed by atoms with E-state index in [1.165, 1.54) is 16.4 Å². The van der Waals surface area contributed by atoms with Crippen molar-refractivity contribution in [2.45, 2.75) is 38.5 Å². The van der Waals surface area contributed by atoms with Crippen LogP contribution in [0.3, 0.4) is 0 Å². The molecule has 1 aromatic rings. The monoisotopic (exact) mass is 387 g/mol. The van der Waals surface area contributed by atoms with Crippen LogP contribution in [0.5, 0.6) is 0 Å². The van der Waals surface area contributed by atoms with E-state index in [-0.39, 0.29) is 29.4 Å². The molecule has 11 heteroatoms. The Morgan fingerprint density at radius 2 is 1.88 bits per heavy atom. The molecule has 146 valence electrons. The van der Waals surface area contributed by atoms with Crippen LogP contribution in [0.25, 0.3) is 0 Å². The first-order chi connectivity index (χ1) is 12.3. The van der Waals surface area contributed by atoms with Gasteiger partial charge in [-0.2, -0.15) is 4.31 Å². The maximum Gasteiger partial charge on any atom is 0.333 e. The van der Waals surface area contributed by atoms with Gasteiger partial charge in [0.05, 0.1) is 10.6 Å². The SMILES string of the molecule is CCCCNC(=O)NNc1ccc([N+](=O)[O-])cc1S(=O)(=O)N(CC)CC. The van der Waals surface area contributed by atoms with E-state index in [1.54, 1.807) is 13.8 Å². The fourth-order valence-corrected chi connectivity index (χ4v) is 3.82. The Labute approximate surface area is 153 Å². The number of hydrogen-bond donors (Lipinski definition) is 3. The standard InChI is InChI=1S/C15H25N5O5S/c1-4-7-10-16-15(21)18-17-13-9-8-12(20(22)23)11-14(13)26(24,25)19(5-2)6-3/h8-9,11,17H,4-7,10H2,1-3H3,(H2,16,18,21). The number of carbonyl (C=O) groups is 1. The number of nitro groups is 1. The molecule has 0 atom stereocenters. The topological polar surface area (TPSA) is 134 Å². The van der Waals surface area contributed by atoms with Gasteiger partial charge in [0.2, 0.25) is 10.0 Å². The summed E-state index contributed by atoms with van der Waals surface area (Å²) in [6.45, 7) is 6.24. The molecule has 10 nitrogen and oxygen atoms in total. The zero-order chi connectivity index (χ0) is 19.7. The van der Waals surface area contributed by atoms with E-state index >= 15 is 0 Å². The van der Waals surface area contributed by atoms with Crippen LogP contribution in [0.1, 0.15) is 33.6 Å². The first-order valence-electron chi connectivity index (χ1n) is 8.36. The summed E-state index contributed by atoms with van der Waals surface area (Å²) in [5, 5.41) is 13.6. The van der Waals surface area contributed by atoms with Gasteiger partial charge in [-0.05, 0) is 12.5 Å². The van der Waals surface area contributed by atoms with Gasteiger partial charge in [0, 0.05) is 31.8 Å². The second-order valence-electron chi connectivity index (χ2n) is 5.39. The molecule has 1 aromatic carbocycles. The normalized spacial score (nSPS) is 11.2. The molecular formula is C15H25N5O5S. The Morgan fingerprint density at radius 1 is 1.23 bits per heavy atom. The minimum absolute atomic E-state index is 0.0492. The quantitative estimate of drug-likeness (QED) is 0.320. The zero-order valence-corrected chi connectivity index (χ0v) is 15.9. The molecule has 0 aliphatic heterocycles. The highest BCUT2D eigenvalue weighted by molar-refractivity contribution is 7.89. The Kier molecular flexibility index (Phi) is 8.26. The van der Waals surface area contributed by atoms with Crippen molar-refractivity contribution in [2.75, 3.05) is 25.1 Å². The maximum absolute atomic E-state index is 12.8. The summed E-state index contributed by atoms with van der Waals surface area (Å²) in [6.07, 6.45) is 1.73. The van der Waals surface area contributed by atoms with Crippen molar-refractivity contribution in [3.05, 3.63) is 28.3 Å². The van der Waals surface area contributed by atoms with Gasteiger partial charge in [-0.1, -0.05) is 27.2 Å². The van der Waals surface area contributed by atoms with E-state index in [0.717, 1.165) is 18.9 Å². The zero-order valence-electron chi connectivity index (χ0n) is 15.1. The second-order valence-corrected chi connectivity index (χ2v) is 7.29. The molecule has 0 unspecified atom stereocenters. The van der Waals surface area contributed by atoms with Crippen LogP contribution >= 0.6 is 0 Å². The third kappa shape index (κ3) is 5.56. The Morgan fingerprint density at radius 3 is 2.42 bits per heavy atom. The van der Waals surface area contributed by atoms with E-state index in [1.807, 2.05) is 6.92 Å². The van der Waals surface area contributed by atoms with Crippen LogP contribution in [0, 0.1) is 10.1 Å². The third-order valence-electron chi connectivity index (χ3n) is 3.63. The van der Waals surface area contributed by atoms with Gasteiger partial charge in [0.25, 0.3) is 5.69 Å². The lowest BCUT2D eigenvalue weighted by Gasteiger charge is -2.21. The number of urea groups is 1. The number of nitrogens with zero attached hydrogens (tertiary/aromatic N) is 2. The summed E-state index contributed by atoms with van der Waals surface area (Å²) in [5.74, 6) is 0. The lowest BCUT2D eigenvalue weighted by molar-refractivity contribution is -0.385. The Bertz CT molecular complexity index is 734. The molecule has 26 heavy (non-hydrogen) atoms. The summed E-state index contributed by atoms with van der Waals surface area (Å²) in [5.41, 5.74) is 4.56. The van der Waals surface area contributed by atoms with Gasteiger partial charge >= 0.3 is 6.03 Å². The number of sulfonamides is 1. The van der Waals surface area contributed by atoms with E-state index in [9.17, 15) is 23.3 Å². The second kappa shape index (κ2) is 9.92. The van der Waals surface area contributed by atoms with Crippen LogP contribution < -0.4 is 16.2 Å². The highest BCUT2D eigenvalue weighted by atomic mass is 32.2. The van der Waals surface area contributed by atoms with Crippen molar-refractivity contribution in [1.29, 1.82) is 0 Å². The van der Waals surface area contributed by atoms with Crippen molar-refractivity contribution in [3.63, 3.8) is 0 Å². The average molecular weight is 387 g/mol. The van der Waals surface area contributed by atoms with E-state index in [0.29, 0.717) is 6.54 Å². The molecule has 0 radical (unpaired) electrons. The summed E-state index contributed by atoms with van der Waals surface area (Å²) in [7, 11) is -3.96. The molecule has 0 aromatic heterocycles. The Hall–Kier alpha value is -2.40. The molecule has 0 spiro atoms. The number of benzene rings is 1. The molecule has 0 bridgehead atoms. The number of hydrogen-bond acceptors (Lipinski definition) is 6. The number of amides is 2. The fourth-order valence-electron chi connectivity index (χ4n) is 2.19. The number of rotatable bonds is 10. The summed E-state index contributed by atoms with van der Waals surface area (Å²) >= 11 is 0. The molecule has 3 N–H and O–H groups in total. The summed E-state index contributed by atoms with van der Waals surface area (Å²) < 4.78 is 26.7. The maximum atomic E-state index is 12.8. The average Bonchev–Trinajstić information content (AvgIpc) is 2.60. The van der Waals surface area contributed by atoms with Crippen molar-refractivity contribution in [3.8, 4) is 0 Å². The minimum atomic E-state index is -3.96. The van der Waals surface area contributed by atoms with Crippen molar-refractivity contribution in [2.24, 2.45) is 0 Å². The predicted molar refractivity (Wildman–Crippen MR) is 98.3 cm³/mol. The highest BCUT2D eigenvalue weighted by Gasteiger charge is 2.27. The molecule has 0 saturated carbocycles. The number of unbranched alkanes of at least 4 members (excludes halogenated alkanes) is 1. The van der Waals surface area contributed by atoms with Crippen LogP contribution in [0.2, 0.25) is 0 Å². The lowest BCUT2D eigenvalue weighted by Crippen LogP contribution is -2.40. The molecular weight excluding hydrogens is 362 g/mol. The van der Waals surface area contributed by atoms with Crippen LogP contribution in [0.4, 0.5) is 16.2 Å². The summed E-state index contributed by atoms with van der Waals surface area (Å²) in [4.78, 5) is 21.8. The Balaban J connectivity index is 3.12. The molecule has 1 rings (SSSR count). The summed E-state index contributed by atoms with van der Waals surface area (Å²) in [6, 6.07) is 2.87. The highest BCUT2D eigenvalue weighted by Crippen LogP contribution is 2.28. The smallest absolute Gasteiger partial charge is 0.333 e. The molecule has 0 aliphatic carbocycles.